The molecule has 1 fully saturated rings. The zero-order valence-electron chi connectivity index (χ0n) is 17.4. The number of hydrogen-bond acceptors (Lipinski definition) is 4. The molecule has 1 saturated heterocycles. The van der Waals surface area contributed by atoms with Gasteiger partial charge in [-0.2, -0.15) is 0 Å². The average Bonchev–Trinajstić information content (AvgIpc) is 2.68. The fraction of sp³-hybridized carbons (Fsp3) is 0.435. The standard InChI is InChI=1S/C23H31N3O2/c1-18-8-9-19(2)22(14-18)28-17-23(27)26-12-10-25(11-13-26)21-7-5-6-20(15-21)16-24(3)4/h5-9,14-15H,10-13,16-17H2,1-4H3. The molecule has 1 aliphatic rings. The van der Waals surface area contributed by atoms with Crippen LogP contribution in [0.3, 0.4) is 0 Å². The molecular formula is C23H31N3O2. The minimum atomic E-state index is 0.0573. The van der Waals surface area contributed by atoms with Crippen LogP contribution in [-0.2, 0) is 11.3 Å². The minimum absolute atomic E-state index is 0.0573. The number of rotatable bonds is 6. The van der Waals surface area contributed by atoms with Crippen molar-refractivity contribution in [3.8, 4) is 5.75 Å². The lowest BCUT2D eigenvalue weighted by Gasteiger charge is -2.36. The molecule has 0 spiro atoms. The molecule has 0 atom stereocenters. The lowest BCUT2D eigenvalue weighted by atomic mass is 10.1. The second-order valence-electron chi connectivity index (χ2n) is 7.83. The predicted octanol–water partition coefficient (Wildman–Crippen LogP) is 3.09. The van der Waals surface area contributed by atoms with Crippen molar-refractivity contribution in [3.05, 3.63) is 59.2 Å². The average molecular weight is 382 g/mol. The maximum absolute atomic E-state index is 12.6. The van der Waals surface area contributed by atoms with Gasteiger partial charge < -0.3 is 19.4 Å². The molecule has 0 bridgehead atoms. The monoisotopic (exact) mass is 381 g/mol. The van der Waals surface area contributed by atoms with Gasteiger partial charge in [0.05, 0.1) is 0 Å². The molecule has 0 aromatic heterocycles. The molecule has 0 radical (unpaired) electrons. The van der Waals surface area contributed by atoms with Crippen molar-refractivity contribution >= 4 is 11.6 Å². The van der Waals surface area contributed by atoms with E-state index in [1.165, 1.54) is 11.3 Å². The fourth-order valence-electron chi connectivity index (χ4n) is 3.52. The first-order valence-electron chi connectivity index (χ1n) is 9.89. The number of carbonyl (C=O) groups excluding carboxylic acids is 1. The molecule has 5 nitrogen and oxygen atoms in total. The zero-order chi connectivity index (χ0) is 20.1. The third kappa shape index (κ3) is 5.26. The van der Waals surface area contributed by atoms with E-state index in [0.717, 1.165) is 49.6 Å². The van der Waals surface area contributed by atoms with Gasteiger partial charge >= 0.3 is 0 Å². The molecule has 28 heavy (non-hydrogen) atoms. The van der Waals surface area contributed by atoms with Gasteiger partial charge in [-0.05, 0) is 62.8 Å². The Bertz CT molecular complexity index is 811. The van der Waals surface area contributed by atoms with Gasteiger partial charge in [-0.25, -0.2) is 0 Å². The number of aryl methyl sites for hydroxylation is 2. The molecule has 3 rings (SSSR count). The molecule has 1 aliphatic heterocycles. The number of anilines is 1. The van der Waals surface area contributed by atoms with Gasteiger partial charge in [-0.1, -0.05) is 24.3 Å². The van der Waals surface area contributed by atoms with Gasteiger partial charge in [0.1, 0.15) is 5.75 Å². The van der Waals surface area contributed by atoms with Crippen LogP contribution in [-0.4, -0.2) is 62.6 Å². The molecule has 5 heteroatoms. The topological polar surface area (TPSA) is 36.0 Å². The molecule has 0 N–H and O–H groups in total. The van der Waals surface area contributed by atoms with Crippen molar-refractivity contribution < 1.29 is 9.53 Å². The number of ether oxygens (including phenoxy) is 1. The first-order valence-corrected chi connectivity index (χ1v) is 9.89. The van der Waals surface area contributed by atoms with Crippen LogP contribution in [0, 0.1) is 13.8 Å². The summed E-state index contributed by atoms with van der Waals surface area (Å²) in [4.78, 5) is 19.0. The normalized spacial score (nSPS) is 14.5. The van der Waals surface area contributed by atoms with E-state index in [2.05, 4.69) is 54.2 Å². The van der Waals surface area contributed by atoms with Crippen LogP contribution < -0.4 is 9.64 Å². The predicted molar refractivity (Wildman–Crippen MR) is 114 cm³/mol. The van der Waals surface area contributed by atoms with Gasteiger partial charge in [0.15, 0.2) is 6.61 Å². The minimum Gasteiger partial charge on any atom is -0.483 e. The SMILES string of the molecule is Cc1ccc(C)c(OCC(=O)N2CCN(c3cccc(CN(C)C)c3)CC2)c1. The van der Waals surface area contributed by atoms with Crippen LogP contribution in [0.2, 0.25) is 0 Å². The number of nitrogens with zero attached hydrogens (tertiary/aromatic N) is 3. The van der Waals surface area contributed by atoms with Crippen LogP contribution in [0.25, 0.3) is 0 Å². The summed E-state index contributed by atoms with van der Waals surface area (Å²) >= 11 is 0. The highest BCUT2D eigenvalue weighted by Crippen LogP contribution is 2.21. The Morgan fingerprint density at radius 1 is 1.04 bits per heavy atom. The Kier molecular flexibility index (Phi) is 6.57. The molecule has 0 unspecified atom stereocenters. The van der Waals surface area contributed by atoms with Crippen LogP contribution in [0.1, 0.15) is 16.7 Å². The van der Waals surface area contributed by atoms with Crippen LogP contribution >= 0.6 is 0 Å². The van der Waals surface area contributed by atoms with E-state index in [-0.39, 0.29) is 12.5 Å². The van der Waals surface area contributed by atoms with Gasteiger partial charge in [0, 0.05) is 38.4 Å². The summed E-state index contributed by atoms with van der Waals surface area (Å²) in [6, 6.07) is 14.7. The highest BCUT2D eigenvalue weighted by atomic mass is 16.5. The molecule has 2 aromatic carbocycles. The summed E-state index contributed by atoms with van der Waals surface area (Å²) in [6.07, 6.45) is 0. The lowest BCUT2D eigenvalue weighted by molar-refractivity contribution is -0.133. The van der Waals surface area contributed by atoms with Crippen molar-refractivity contribution in [2.45, 2.75) is 20.4 Å². The summed E-state index contributed by atoms with van der Waals surface area (Å²) in [5.74, 6) is 0.853. The quantitative estimate of drug-likeness (QED) is 0.770. The Morgan fingerprint density at radius 3 is 2.50 bits per heavy atom. The van der Waals surface area contributed by atoms with Crippen LogP contribution in [0.15, 0.2) is 42.5 Å². The number of benzene rings is 2. The summed E-state index contributed by atoms with van der Waals surface area (Å²) in [5, 5.41) is 0. The van der Waals surface area contributed by atoms with E-state index in [1.54, 1.807) is 0 Å². The smallest absolute Gasteiger partial charge is 0.260 e. The van der Waals surface area contributed by atoms with E-state index < -0.39 is 0 Å². The van der Waals surface area contributed by atoms with Crippen molar-refractivity contribution in [1.82, 2.24) is 9.80 Å². The van der Waals surface area contributed by atoms with E-state index in [0.29, 0.717) is 0 Å². The first-order chi connectivity index (χ1) is 13.4. The lowest BCUT2D eigenvalue weighted by Crippen LogP contribution is -2.50. The summed E-state index contributed by atoms with van der Waals surface area (Å²) in [7, 11) is 4.16. The van der Waals surface area contributed by atoms with E-state index in [1.807, 2.05) is 30.9 Å². The van der Waals surface area contributed by atoms with Crippen molar-refractivity contribution in [1.29, 1.82) is 0 Å². The van der Waals surface area contributed by atoms with Crippen LogP contribution in [0.5, 0.6) is 5.75 Å². The zero-order valence-corrected chi connectivity index (χ0v) is 17.4. The van der Waals surface area contributed by atoms with E-state index in [9.17, 15) is 4.79 Å². The maximum atomic E-state index is 12.6. The fourth-order valence-corrected chi connectivity index (χ4v) is 3.52. The molecule has 1 heterocycles. The molecule has 150 valence electrons. The van der Waals surface area contributed by atoms with Crippen molar-refractivity contribution in [3.63, 3.8) is 0 Å². The molecule has 1 amide bonds. The molecule has 0 saturated carbocycles. The van der Waals surface area contributed by atoms with Gasteiger partial charge in [0.2, 0.25) is 0 Å². The maximum Gasteiger partial charge on any atom is 0.260 e. The Labute approximate surface area is 168 Å². The Morgan fingerprint density at radius 2 is 1.79 bits per heavy atom. The third-order valence-corrected chi connectivity index (χ3v) is 5.10. The Balaban J connectivity index is 1.52. The van der Waals surface area contributed by atoms with Crippen LogP contribution in [0.4, 0.5) is 5.69 Å². The largest absolute Gasteiger partial charge is 0.483 e. The molecular weight excluding hydrogens is 350 g/mol. The van der Waals surface area contributed by atoms with E-state index in [4.69, 9.17) is 4.74 Å². The number of piperazine rings is 1. The highest BCUT2D eigenvalue weighted by Gasteiger charge is 2.22. The second-order valence-corrected chi connectivity index (χ2v) is 7.83. The first kappa shape index (κ1) is 20.2. The molecule has 2 aromatic rings. The third-order valence-electron chi connectivity index (χ3n) is 5.10. The number of hydrogen-bond donors (Lipinski definition) is 0. The van der Waals surface area contributed by atoms with Crippen molar-refractivity contribution in [2.24, 2.45) is 0 Å². The highest BCUT2D eigenvalue weighted by molar-refractivity contribution is 5.78. The second kappa shape index (κ2) is 9.11. The molecule has 0 aliphatic carbocycles. The number of carbonyl (C=O) groups is 1. The van der Waals surface area contributed by atoms with Gasteiger partial charge in [0.25, 0.3) is 5.91 Å². The van der Waals surface area contributed by atoms with E-state index >= 15 is 0 Å². The Hall–Kier alpha value is -2.53. The summed E-state index contributed by atoms with van der Waals surface area (Å²) in [5.41, 5.74) is 4.74. The van der Waals surface area contributed by atoms with Crippen molar-refractivity contribution in [2.75, 3.05) is 51.8 Å². The number of amides is 1. The van der Waals surface area contributed by atoms with Gasteiger partial charge in [-0.3, -0.25) is 4.79 Å². The summed E-state index contributed by atoms with van der Waals surface area (Å²) < 4.78 is 5.79. The summed E-state index contributed by atoms with van der Waals surface area (Å²) in [6.45, 7) is 8.22. The van der Waals surface area contributed by atoms with Gasteiger partial charge in [-0.15, -0.1) is 0 Å².